The molecule has 24 heavy (non-hydrogen) atoms. The number of carbonyl (C=O) groups is 2. The van der Waals surface area contributed by atoms with Crippen molar-refractivity contribution in [3.63, 3.8) is 0 Å². The van der Waals surface area contributed by atoms with Gasteiger partial charge in [0.2, 0.25) is 0 Å². The van der Waals surface area contributed by atoms with E-state index in [0.717, 1.165) is 12.8 Å². The Morgan fingerprint density at radius 3 is 1.96 bits per heavy atom. The zero-order chi connectivity index (χ0) is 18.4. The fourth-order valence-electron chi connectivity index (χ4n) is 2.89. The summed E-state index contributed by atoms with van der Waals surface area (Å²) in [5.41, 5.74) is -2.46. The molecule has 1 saturated carbocycles. The number of aliphatic hydroxyl groups is 1. The van der Waals surface area contributed by atoms with Gasteiger partial charge in [0.05, 0.1) is 13.1 Å². The molecule has 2 aliphatic rings. The summed E-state index contributed by atoms with van der Waals surface area (Å²) < 4.78 is 10.5. The quantitative estimate of drug-likeness (QED) is 0.821. The maximum atomic E-state index is 12.0. The van der Waals surface area contributed by atoms with Crippen molar-refractivity contribution < 1.29 is 24.2 Å². The molecular formula is C17H30N2O5. The molecule has 0 bridgehead atoms. The van der Waals surface area contributed by atoms with Crippen LogP contribution in [-0.2, 0) is 9.47 Å². The lowest BCUT2D eigenvalue weighted by Crippen LogP contribution is -2.69. The van der Waals surface area contributed by atoms with Crippen molar-refractivity contribution in [1.82, 2.24) is 10.2 Å². The number of nitrogens with one attached hydrogen (secondary N) is 1. The van der Waals surface area contributed by atoms with E-state index in [2.05, 4.69) is 5.32 Å². The number of nitrogens with zero attached hydrogens (tertiary/aromatic N) is 1. The second-order valence-corrected chi connectivity index (χ2v) is 9.00. The first kappa shape index (κ1) is 18.8. The first-order valence-corrected chi connectivity index (χ1v) is 8.43. The minimum Gasteiger partial charge on any atom is -0.444 e. The molecule has 0 aromatic heterocycles. The van der Waals surface area contributed by atoms with Crippen LogP contribution in [0.1, 0.15) is 54.4 Å². The summed E-state index contributed by atoms with van der Waals surface area (Å²) in [5.74, 6) is 0. The SMILES string of the molecule is CC(C)(C)OC(=O)NCC1(C2(O)CN(C(=O)OC(C)(C)C)C2)CC1. The van der Waals surface area contributed by atoms with Gasteiger partial charge in [0.25, 0.3) is 0 Å². The number of rotatable bonds is 3. The third-order valence-electron chi connectivity index (χ3n) is 4.37. The fourth-order valence-corrected chi connectivity index (χ4v) is 2.89. The highest BCUT2D eigenvalue weighted by molar-refractivity contribution is 5.70. The van der Waals surface area contributed by atoms with Crippen LogP contribution in [0, 0.1) is 5.41 Å². The second kappa shape index (κ2) is 5.79. The lowest BCUT2D eigenvalue weighted by Gasteiger charge is -2.51. The van der Waals surface area contributed by atoms with Gasteiger partial charge in [-0.15, -0.1) is 0 Å². The van der Waals surface area contributed by atoms with Gasteiger partial charge in [-0.25, -0.2) is 9.59 Å². The van der Waals surface area contributed by atoms with Crippen LogP contribution in [0.5, 0.6) is 0 Å². The molecule has 1 aliphatic carbocycles. The molecule has 0 aromatic rings. The summed E-state index contributed by atoms with van der Waals surface area (Å²) in [6, 6.07) is 0. The molecule has 0 aromatic carbocycles. The van der Waals surface area contributed by atoms with Crippen molar-refractivity contribution in [2.24, 2.45) is 5.41 Å². The smallest absolute Gasteiger partial charge is 0.410 e. The highest BCUT2D eigenvalue weighted by Crippen LogP contribution is 2.56. The Morgan fingerprint density at radius 2 is 1.54 bits per heavy atom. The Bertz CT molecular complexity index is 505. The maximum absolute atomic E-state index is 12.0. The molecule has 7 heteroatoms. The second-order valence-electron chi connectivity index (χ2n) is 9.00. The molecule has 2 rings (SSSR count). The molecule has 1 aliphatic heterocycles. The van der Waals surface area contributed by atoms with Gasteiger partial charge in [0.1, 0.15) is 16.8 Å². The van der Waals surface area contributed by atoms with Crippen LogP contribution in [0.4, 0.5) is 9.59 Å². The first-order chi connectivity index (χ1) is 10.8. The van der Waals surface area contributed by atoms with E-state index >= 15 is 0 Å². The molecule has 1 heterocycles. The van der Waals surface area contributed by atoms with Gasteiger partial charge in [0.15, 0.2) is 0 Å². The van der Waals surface area contributed by atoms with Crippen LogP contribution in [0.15, 0.2) is 0 Å². The number of hydrogen-bond acceptors (Lipinski definition) is 5. The highest BCUT2D eigenvalue weighted by atomic mass is 16.6. The van der Waals surface area contributed by atoms with Crippen molar-refractivity contribution >= 4 is 12.2 Å². The van der Waals surface area contributed by atoms with E-state index in [4.69, 9.17) is 9.47 Å². The number of likely N-dealkylation sites (tertiary alicyclic amines) is 1. The average molecular weight is 342 g/mol. The molecule has 138 valence electrons. The average Bonchev–Trinajstić information content (AvgIpc) is 3.09. The largest absolute Gasteiger partial charge is 0.444 e. The Labute approximate surface area is 143 Å². The molecule has 2 amide bonds. The van der Waals surface area contributed by atoms with E-state index in [0.29, 0.717) is 6.54 Å². The van der Waals surface area contributed by atoms with E-state index < -0.39 is 29.0 Å². The minimum atomic E-state index is -0.973. The molecule has 0 radical (unpaired) electrons. The van der Waals surface area contributed by atoms with Gasteiger partial charge in [0, 0.05) is 12.0 Å². The van der Waals surface area contributed by atoms with Crippen LogP contribution in [0.2, 0.25) is 0 Å². The standard InChI is InChI=1S/C17H30N2O5/c1-14(2,3)23-12(20)18-9-16(7-8-16)17(22)10-19(11-17)13(21)24-15(4,5)6/h22H,7-11H2,1-6H3,(H,18,20). The van der Waals surface area contributed by atoms with E-state index in [1.54, 1.807) is 20.8 Å². The van der Waals surface area contributed by atoms with Gasteiger partial charge in [-0.1, -0.05) is 0 Å². The fraction of sp³-hybridized carbons (Fsp3) is 0.882. The summed E-state index contributed by atoms with van der Waals surface area (Å²) in [4.78, 5) is 25.3. The van der Waals surface area contributed by atoms with Crippen molar-refractivity contribution in [1.29, 1.82) is 0 Å². The van der Waals surface area contributed by atoms with Crippen molar-refractivity contribution in [2.45, 2.75) is 71.2 Å². The first-order valence-electron chi connectivity index (χ1n) is 8.43. The Balaban J connectivity index is 1.84. The summed E-state index contributed by atoms with van der Waals surface area (Å²) in [6.45, 7) is 11.7. The number of ether oxygens (including phenoxy) is 2. The normalized spacial score (nSPS) is 21.5. The highest BCUT2D eigenvalue weighted by Gasteiger charge is 2.64. The number of amides is 2. The lowest BCUT2D eigenvalue weighted by atomic mass is 9.78. The summed E-state index contributed by atoms with van der Waals surface area (Å²) in [6.07, 6.45) is 0.742. The Hall–Kier alpha value is -1.50. The molecule has 2 fully saturated rings. The van der Waals surface area contributed by atoms with Crippen molar-refractivity contribution in [3.05, 3.63) is 0 Å². The van der Waals surface area contributed by atoms with Crippen molar-refractivity contribution in [2.75, 3.05) is 19.6 Å². The molecule has 0 atom stereocenters. The summed E-state index contributed by atoms with van der Waals surface area (Å²) in [5, 5.41) is 13.6. The molecule has 0 unspecified atom stereocenters. The van der Waals surface area contributed by atoms with Crippen LogP contribution in [0.25, 0.3) is 0 Å². The molecular weight excluding hydrogens is 312 g/mol. The van der Waals surface area contributed by atoms with Gasteiger partial charge < -0.3 is 24.8 Å². The third kappa shape index (κ3) is 4.32. The molecule has 0 spiro atoms. The van der Waals surface area contributed by atoms with Crippen LogP contribution in [-0.4, -0.2) is 58.6 Å². The zero-order valence-electron chi connectivity index (χ0n) is 15.6. The van der Waals surface area contributed by atoms with Gasteiger partial charge >= 0.3 is 12.2 Å². The molecule has 1 saturated heterocycles. The van der Waals surface area contributed by atoms with Crippen LogP contribution >= 0.6 is 0 Å². The lowest BCUT2D eigenvalue weighted by molar-refractivity contribution is -0.140. The van der Waals surface area contributed by atoms with Gasteiger partial charge in [-0.2, -0.15) is 0 Å². The van der Waals surface area contributed by atoms with E-state index in [1.807, 2.05) is 20.8 Å². The number of alkyl carbamates (subject to hydrolysis) is 1. The van der Waals surface area contributed by atoms with Gasteiger partial charge in [-0.05, 0) is 54.4 Å². The minimum absolute atomic E-state index is 0.234. The number of carbonyl (C=O) groups excluding carboxylic acids is 2. The van der Waals surface area contributed by atoms with Crippen LogP contribution in [0.3, 0.4) is 0 Å². The molecule has 2 N–H and O–H groups in total. The Kier molecular flexibility index (Phi) is 4.54. The maximum Gasteiger partial charge on any atom is 0.410 e. The summed E-state index contributed by atoms with van der Waals surface area (Å²) in [7, 11) is 0. The van der Waals surface area contributed by atoms with E-state index in [9.17, 15) is 14.7 Å². The number of β-amino-alcohol motifs (C(OH)–C–C–N with tert-alkyl or cyclic N) is 1. The van der Waals surface area contributed by atoms with Crippen molar-refractivity contribution in [3.8, 4) is 0 Å². The predicted octanol–water partition coefficient (Wildman–Crippen LogP) is 2.27. The van der Waals surface area contributed by atoms with Gasteiger partial charge in [-0.3, -0.25) is 0 Å². The third-order valence-corrected chi connectivity index (χ3v) is 4.37. The van der Waals surface area contributed by atoms with Crippen LogP contribution < -0.4 is 5.32 Å². The van der Waals surface area contributed by atoms with E-state index in [1.165, 1.54) is 4.90 Å². The summed E-state index contributed by atoms with van der Waals surface area (Å²) >= 11 is 0. The topological polar surface area (TPSA) is 88.1 Å². The predicted molar refractivity (Wildman–Crippen MR) is 88.7 cm³/mol. The zero-order valence-corrected chi connectivity index (χ0v) is 15.6. The number of hydrogen-bond donors (Lipinski definition) is 2. The molecule has 7 nitrogen and oxygen atoms in total. The monoisotopic (exact) mass is 342 g/mol. The Morgan fingerprint density at radius 1 is 1.04 bits per heavy atom. The van der Waals surface area contributed by atoms with E-state index in [-0.39, 0.29) is 18.5 Å².